The summed E-state index contributed by atoms with van der Waals surface area (Å²) in [6.45, 7) is 1.83. The first kappa shape index (κ1) is 13.1. The molecule has 1 fully saturated rings. The van der Waals surface area contributed by atoms with Crippen LogP contribution in [-0.4, -0.2) is 23.0 Å². The minimum atomic E-state index is -0.960. The SMILES string of the molecule is Cc1ccc(Br)cc1C(=O)NC(C(=O)O)C1CC1. The Hall–Kier alpha value is -1.36. The van der Waals surface area contributed by atoms with E-state index in [1.165, 1.54) is 0 Å². The summed E-state index contributed by atoms with van der Waals surface area (Å²) in [7, 11) is 0. The van der Waals surface area contributed by atoms with Gasteiger partial charge in [0.25, 0.3) is 5.91 Å². The number of carboxylic acid groups (broad SMARTS) is 1. The zero-order valence-electron chi connectivity index (χ0n) is 9.94. The number of nitrogens with one attached hydrogen (secondary N) is 1. The Morgan fingerprint density at radius 2 is 2.11 bits per heavy atom. The number of aliphatic carboxylic acids is 1. The molecule has 1 amide bonds. The highest BCUT2D eigenvalue weighted by atomic mass is 79.9. The van der Waals surface area contributed by atoms with Gasteiger partial charge in [-0.25, -0.2) is 4.79 Å². The first-order valence-corrected chi connectivity index (χ1v) is 6.58. The van der Waals surface area contributed by atoms with Gasteiger partial charge in [0.15, 0.2) is 0 Å². The van der Waals surface area contributed by atoms with E-state index in [9.17, 15) is 9.59 Å². The number of aryl methyl sites for hydroxylation is 1. The van der Waals surface area contributed by atoms with Crippen molar-refractivity contribution in [2.45, 2.75) is 25.8 Å². The van der Waals surface area contributed by atoms with Crippen LogP contribution in [0, 0.1) is 12.8 Å². The maximum Gasteiger partial charge on any atom is 0.326 e. The molecule has 0 aliphatic heterocycles. The molecule has 4 nitrogen and oxygen atoms in total. The van der Waals surface area contributed by atoms with Crippen molar-refractivity contribution in [3.63, 3.8) is 0 Å². The highest BCUT2D eigenvalue weighted by Crippen LogP contribution is 2.33. The quantitative estimate of drug-likeness (QED) is 0.897. The van der Waals surface area contributed by atoms with Crippen LogP contribution in [0.15, 0.2) is 22.7 Å². The number of halogens is 1. The smallest absolute Gasteiger partial charge is 0.326 e. The van der Waals surface area contributed by atoms with Gasteiger partial charge in [-0.15, -0.1) is 0 Å². The minimum Gasteiger partial charge on any atom is -0.480 e. The van der Waals surface area contributed by atoms with Crippen LogP contribution in [0.1, 0.15) is 28.8 Å². The van der Waals surface area contributed by atoms with Crippen LogP contribution < -0.4 is 5.32 Å². The fourth-order valence-electron chi connectivity index (χ4n) is 1.87. The predicted molar refractivity (Wildman–Crippen MR) is 70.5 cm³/mol. The lowest BCUT2D eigenvalue weighted by molar-refractivity contribution is -0.139. The Bertz CT molecular complexity index is 497. The molecule has 0 bridgehead atoms. The second kappa shape index (κ2) is 5.10. The molecule has 1 aromatic rings. The molecule has 1 saturated carbocycles. The van der Waals surface area contributed by atoms with Crippen LogP contribution in [0.25, 0.3) is 0 Å². The number of carboxylic acids is 1. The maximum atomic E-state index is 12.1. The Kier molecular flexibility index (Phi) is 3.71. The molecule has 0 radical (unpaired) electrons. The van der Waals surface area contributed by atoms with Crippen molar-refractivity contribution in [2.75, 3.05) is 0 Å². The van der Waals surface area contributed by atoms with E-state index in [0.29, 0.717) is 5.56 Å². The van der Waals surface area contributed by atoms with Gasteiger partial charge in [-0.3, -0.25) is 4.79 Å². The van der Waals surface area contributed by atoms with E-state index in [4.69, 9.17) is 5.11 Å². The molecule has 18 heavy (non-hydrogen) atoms. The lowest BCUT2D eigenvalue weighted by Gasteiger charge is -2.14. The molecule has 0 spiro atoms. The van der Waals surface area contributed by atoms with Gasteiger partial charge in [0.1, 0.15) is 6.04 Å². The van der Waals surface area contributed by atoms with Gasteiger partial charge in [-0.05, 0) is 43.4 Å². The summed E-state index contributed by atoms with van der Waals surface area (Å²) >= 11 is 3.30. The third kappa shape index (κ3) is 2.90. The molecule has 1 aromatic carbocycles. The van der Waals surface area contributed by atoms with E-state index in [1.807, 2.05) is 19.1 Å². The molecule has 1 atom stereocenters. The van der Waals surface area contributed by atoms with Crippen LogP contribution in [0.3, 0.4) is 0 Å². The Balaban J connectivity index is 2.15. The van der Waals surface area contributed by atoms with Gasteiger partial charge >= 0.3 is 5.97 Å². The van der Waals surface area contributed by atoms with Crippen LogP contribution in [-0.2, 0) is 4.79 Å². The fourth-order valence-corrected chi connectivity index (χ4v) is 2.23. The first-order valence-electron chi connectivity index (χ1n) is 5.79. The van der Waals surface area contributed by atoms with Crippen molar-refractivity contribution in [2.24, 2.45) is 5.92 Å². The molecule has 96 valence electrons. The lowest BCUT2D eigenvalue weighted by atomic mass is 10.1. The van der Waals surface area contributed by atoms with Gasteiger partial charge in [0.05, 0.1) is 0 Å². The number of hydrogen-bond acceptors (Lipinski definition) is 2. The van der Waals surface area contributed by atoms with E-state index >= 15 is 0 Å². The Morgan fingerprint density at radius 1 is 1.44 bits per heavy atom. The summed E-state index contributed by atoms with van der Waals surface area (Å²) in [5.74, 6) is -1.20. The van der Waals surface area contributed by atoms with Crippen molar-refractivity contribution in [3.8, 4) is 0 Å². The predicted octanol–water partition coefficient (Wildman–Crippen LogP) is 2.35. The van der Waals surface area contributed by atoms with E-state index < -0.39 is 12.0 Å². The normalized spacial score (nSPS) is 16.1. The number of carbonyl (C=O) groups excluding carboxylic acids is 1. The molecule has 1 aliphatic rings. The number of amides is 1. The monoisotopic (exact) mass is 311 g/mol. The third-order valence-corrected chi connectivity index (χ3v) is 3.58. The molecule has 2 N–H and O–H groups in total. The minimum absolute atomic E-state index is 0.0823. The van der Waals surface area contributed by atoms with E-state index in [1.54, 1.807) is 6.07 Å². The Morgan fingerprint density at radius 3 is 2.67 bits per heavy atom. The standard InChI is InChI=1S/C13H14BrNO3/c1-7-2-5-9(14)6-10(7)12(16)15-11(13(17)18)8-3-4-8/h2,5-6,8,11H,3-4H2,1H3,(H,15,16)(H,17,18). The topological polar surface area (TPSA) is 66.4 Å². The zero-order chi connectivity index (χ0) is 13.3. The fraction of sp³-hybridized carbons (Fsp3) is 0.385. The molecular weight excluding hydrogens is 298 g/mol. The summed E-state index contributed by atoms with van der Waals surface area (Å²) in [6.07, 6.45) is 1.74. The van der Waals surface area contributed by atoms with Crippen LogP contribution >= 0.6 is 15.9 Å². The van der Waals surface area contributed by atoms with E-state index in [2.05, 4.69) is 21.2 Å². The average molecular weight is 312 g/mol. The van der Waals surface area contributed by atoms with Crippen molar-refractivity contribution in [1.82, 2.24) is 5.32 Å². The lowest BCUT2D eigenvalue weighted by Crippen LogP contribution is -2.42. The third-order valence-electron chi connectivity index (χ3n) is 3.09. The van der Waals surface area contributed by atoms with Gasteiger partial charge < -0.3 is 10.4 Å². The van der Waals surface area contributed by atoms with Gasteiger partial charge in [0.2, 0.25) is 0 Å². The maximum absolute atomic E-state index is 12.1. The number of rotatable bonds is 4. The van der Waals surface area contributed by atoms with Gasteiger partial charge in [-0.2, -0.15) is 0 Å². The van der Waals surface area contributed by atoms with Gasteiger partial charge in [-0.1, -0.05) is 22.0 Å². The number of hydrogen-bond donors (Lipinski definition) is 2. The molecule has 0 saturated heterocycles. The molecule has 1 unspecified atom stereocenters. The summed E-state index contributed by atoms with van der Waals surface area (Å²) in [4.78, 5) is 23.1. The second-order valence-electron chi connectivity index (χ2n) is 4.59. The van der Waals surface area contributed by atoms with Crippen molar-refractivity contribution in [1.29, 1.82) is 0 Å². The zero-order valence-corrected chi connectivity index (χ0v) is 11.5. The summed E-state index contributed by atoms with van der Waals surface area (Å²) in [5, 5.41) is 11.7. The van der Waals surface area contributed by atoms with Gasteiger partial charge in [0, 0.05) is 10.0 Å². The highest BCUT2D eigenvalue weighted by Gasteiger charge is 2.37. The number of benzene rings is 1. The molecule has 0 heterocycles. The number of carbonyl (C=O) groups is 2. The van der Waals surface area contributed by atoms with Crippen LogP contribution in [0.2, 0.25) is 0 Å². The average Bonchev–Trinajstić information content (AvgIpc) is 3.12. The van der Waals surface area contributed by atoms with Crippen LogP contribution in [0.5, 0.6) is 0 Å². The van der Waals surface area contributed by atoms with Crippen molar-refractivity contribution >= 4 is 27.8 Å². The van der Waals surface area contributed by atoms with E-state index in [-0.39, 0.29) is 11.8 Å². The van der Waals surface area contributed by atoms with Crippen LogP contribution in [0.4, 0.5) is 0 Å². The summed E-state index contributed by atoms with van der Waals surface area (Å²) < 4.78 is 0.802. The molecular formula is C13H14BrNO3. The summed E-state index contributed by atoms with van der Waals surface area (Å²) in [6, 6.07) is 4.61. The largest absolute Gasteiger partial charge is 0.480 e. The first-order chi connectivity index (χ1) is 8.49. The molecule has 0 aromatic heterocycles. The molecule has 2 rings (SSSR count). The second-order valence-corrected chi connectivity index (χ2v) is 5.50. The van der Waals surface area contributed by atoms with E-state index in [0.717, 1.165) is 22.9 Å². The molecule has 5 heteroatoms. The van der Waals surface area contributed by atoms with Crippen molar-refractivity contribution < 1.29 is 14.7 Å². The highest BCUT2D eigenvalue weighted by molar-refractivity contribution is 9.10. The summed E-state index contributed by atoms with van der Waals surface area (Å²) in [5.41, 5.74) is 1.34. The molecule has 1 aliphatic carbocycles. The Labute approximate surface area is 114 Å². The van der Waals surface area contributed by atoms with Crippen molar-refractivity contribution in [3.05, 3.63) is 33.8 Å².